The predicted molar refractivity (Wildman–Crippen MR) is 105 cm³/mol. The average Bonchev–Trinajstić information content (AvgIpc) is 2.52. The number of hydrogen-bond donors (Lipinski definition) is 1. The Morgan fingerprint density at radius 3 is 2.28 bits per heavy atom. The third-order valence-electron chi connectivity index (χ3n) is 4.18. The maximum absolute atomic E-state index is 12.2. The Hall–Kier alpha value is -2.29. The van der Waals surface area contributed by atoms with Crippen molar-refractivity contribution in [3.05, 3.63) is 59.2 Å². The van der Waals surface area contributed by atoms with E-state index in [-0.39, 0.29) is 17.9 Å². The first-order chi connectivity index (χ1) is 11.7. The van der Waals surface area contributed by atoms with Crippen LogP contribution in [0.5, 0.6) is 5.75 Å². The number of nitrogens with one attached hydrogen (secondary N) is 1. The molecule has 0 aliphatic carbocycles. The van der Waals surface area contributed by atoms with Gasteiger partial charge < -0.3 is 10.1 Å². The topological polar surface area (TPSA) is 38.3 Å². The van der Waals surface area contributed by atoms with Gasteiger partial charge in [0.15, 0.2) is 6.61 Å². The molecule has 0 bridgehead atoms. The van der Waals surface area contributed by atoms with E-state index in [0.29, 0.717) is 5.92 Å². The van der Waals surface area contributed by atoms with E-state index in [9.17, 15) is 4.79 Å². The van der Waals surface area contributed by atoms with Crippen LogP contribution in [0.4, 0.5) is 5.69 Å². The minimum Gasteiger partial charge on any atom is -0.483 e. The summed E-state index contributed by atoms with van der Waals surface area (Å²) in [5.41, 5.74) is 4.37. The molecule has 1 amide bonds. The summed E-state index contributed by atoms with van der Waals surface area (Å²) in [4.78, 5) is 12.2. The monoisotopic (exact) mass is 339 g/mol. The number of carbonyl (C=O) groups excluding carboxylic acids is 1. The summed E-state index contributed by atoms with van der Waals surface area (Å²) in [5.74, 6) is 0.983. The molecule has 0 saturated heterocycles. The number of ether oxygens (including phenoxy) is 1. The zero-order valence-electron chi connectivity index (χ0n) is 16.1. The molecule has 0 atom stereocenters. The molecule has 0 unspecified atom stereocenters. The highest BCUT2D eigenvalue weighted by molar-refractivity contribution is 5.91. The van der Waals surface area contributed by atoms with Crippen LogP contribution in [0.15, 0.2) is 42.5 Å². The fourth-order valence-corrected chi connectivity index (χ4v) is 2.64. The van der Waals surface area contributed by atoms with Crippen LogP contribution >= 0.6 is 0 Å². The van der Waals surface area contributed by atoms with Crippen LogP contribution in [-0.2, 0) is 10.2 Å². The van der Waals surface area contributed by atoms with Crippen molar-refractivity contribution in [1.29, 1.82) is 0 Å². The summed E-state index contributed by atoms with van der Waals surface area (Å²) in [5, 5.41) is 2.89. The highest BCUT2D eigenvalue weighted by Gasteiger charge is 2.14. The lowest BCUT2D eigenvalue weighted by molar-refractivity contribution is -0.118. The molecule has 3 nitrogen and oxygen atoms in total. The molecule has 0 saturated carbocycles. The Morgan fingerprint density at radius 1 is 1.08 bits per heavy atom. The summed E-state index contributed by atoms with van der Waals surface area (Å²) in [7, 11) is 0. The van der Waals surface area contributed by atoms with E-state index in [1.807, 2.05) is 37.3 Å². The lowest BCUT2D eigenvalue weighted by Gasteiger charge is -2.19. The minimum absolute atomic E-state index is 0.00416. The van der Waals surface area contributed by atoms with Crippen molar-refractivity contribution in [3.8, 4) is 5.75 Å². The molecule has 1 N–H and O–H groups in total. The van der Waals surface area contributed by atoms with Gasteiger partial charge in [0.05, 0.1) is 0 Å². The highest BCUT2D eigenvalue weighted by atomic mass is 16.5. The molecule has 25 heavy (non-hydrogen) atoms. The number of amides is 1. The molecule has 0 heterocycles. The zero-order valence-corrected chi connectivity index (χ0v) is 16.1. The van der Waals surface area contributed by atoms with Gasteiger partial charge in [0, 0.05) is 5.69 Å². The molecule has 0 aromatic heterocycles. The first kappa shape index (κ1) is 19.0. The summed E-state index contributed by atoms with van der Waals surface area (Å²) in [6.07, 6.45) is 0. The molecule has 2 aromatic rings. The van der Waals surface area contributed by atoms with Gasteiger partial charge in [-0.15, -0.1) is 0 Å². The van der Waals surface area contributed by atoms with E-state index >= 15 is 0 Å². The highest BCUT2D eigenvalue weighted by Crippen LogP contribution is 2.27. The van der Waals surface area contributed by atoms with Crippen LogP contribution in [-0.4, -0.2) is 12.5 Å². The first-order valence-electron chi connectivity index (χ1n) is 8.80. The van der Waals surface area contributed by atoms with Gasteiger partial charge in [0.1, 0.15) is 5.75 Å². The second kappa shape index (κ2) is 7.73. The number of carbonyl (C=O) groups is 1. The standard InChI is InChI=1S/C22H29NO2/c1-15(2)19-12-7-16(3)13-20(19)25-14-21(24)23-18-10-8-17(9-11-18)22(4,5)6/h7-13,15H,14H2,1-6H3,(H,23,24). The Kier molecular flexibility index (Phi) is 5.89. The van der Waals surface area contributed by atoms with Crippen molar-refractivity contribution in [1.82, 2.24) is 0 Å². The number of rotatable bonds is 5. The second-order valence-electron chi connectivity index (χ2n) is 7.86. The Balaban J connectivity index is 1.98. The normalized spacial score (nSPS) is 11.5. The van der Waals surface area contributed by atoms with E-state index in [1.165, 1.54) is 5.56 Å². The van der Waals surface area contributed by atoms with Crippen LogP contribution in [0.25, 0.3) is 0 Å². The number of aryl methyl sites for hydroxylation is 1. The van der Waals surface area contributed by atoms with E-state index in [1.54, 1.807) is 0 Å². The Labute approximate surface area is 151 Å². The lowest BCUT2D eigenvalue weighted by Crippen LogP contribution is -2.21. The fraction of sp³-hybridized carbons (Fsp3) is 0.409. The fourth-order valence-electron chi connectivity index (χ4n) is 2.64. The summed E-state index contributed by atoms with van der Waals surface area (Å²) in [6.45, 7) is 12.8. The van der Waals surface area contributed by atoms with Gasteiger partial charge in [0.2, 0.25) is 0 Å². The minimum atomic E-state index is -0.153. The molecule has 2 rings (SSSR count). The van der Waals surface area contributed by atoms with Gasteiger partial charge >= 0.3 is 0 Å². The molecule has 0 aliphatic rings. The largest absolute Gasteiger partial charge is 0.483 e. The summed E-state index contributed by atoms with van der Waals surface area (Å²) >= 11 is 0. The summed E-state index contributed by atoms with van der Waals surface area (Å²) < 4.78 is 5.78. The number of benzene rings is 2. The van der Waals surface area contributed by atoms with Crippen LogP contribution in [0.1, 0.15) is 57.2 Å². The van der Waals surface area contributed by atoms with Crippen molar-refractivity contribution >= 4 is 11.6 Å². The molecule has 0 radical (unpaired) electrons. The van der Waals surface area contributed by atoms with Gasteiger partial charge in [-0.2, -0.15) is 0 Å². The third-order valence-corrected chi connectivity index (χ3v) is 4.18. The van der Waals surface area contributed by atoms with Gasteiger partial charge in [-0.3, -0.25) is 4.79 Å². The van der Waals surface area contributed by atoms with Gasteiger partial charge in [0.25, 0.3) is 5.91 Å². The first-order valence-corrected chi connectivity index (χ1v) is 8.80. The Bertz CT molecular complexity index is 725. The van der Waals surface area contributed by atoms with E-state index in [0.717, 1.165) is 22.6 Å². The van der Waals surface area contributed by atoms with E-state index < -0.39 is 0 Å². The Morgan fingerprint density at radius 2 is 1.72 bits per heavy atom. The molecule has 0 spiro atoms. The average molecular weight is 339 g/mol. The van der Waals surface area contributed by atoms with Crippen molar-refractivity contribution in [2.24, 2.45) is 0 Å². The molecule has 3 heteroatoms. The SMILES string of the molecule is Cc1ccc(C(C)C)c(OCC(=O)Nc2ccc(C(C)(C)C)cc2)c1. The van der Waals surface area contributed by atoms with Gasteiger partial charge in [-0.1, -0.05) is 58.9 Å². The smallest absolute Gasteiger partial charge is 0.262 e. The maximum atomic E-state index is 12.2. The molecule has 0 aliphatic heterocycles. The quantitative estimate of drug-likeness (QED) is 0.788. The molecule has 0 fully saturated rings. The van der Waals surface area contributed by atoms with Crippen molar-refractivity contribution in [2.45, 2.75) is 52.9 Å². The number of anilines is 1. The second-order valence-corrected chi connectivity index (χ2v) is 7.86. The molecule has 2 aromatic carbocycles. The molecule has 134 valence electrons. The van der Waals surface area contributed by atoms with Gasteiger partial charge in [-0.05, 0) is 53.1 Å². The van der Waals surface area contributed by atoms with E-state index in [4.69, 9.17) is 4.74 Å². The van der Waals surface area contributed by atoms with Gasteiger partial charge in [-0.25, -0.2) is 0 Å². The van der Waals surface area contributed by atoms with E-state index in [2.05, 4.69) is 52.1 Å². The maximum Gasteiger partial charge on any atom is 0.262 e. The van der Waals surface area contributed by atoms with Crippen LogP contribution < -0.4 is 10.1 Å². The molecular formula is C22H29NO2. The van der Waals surface area contributed by atoms with Crippen LogP contribution in [0.3, 0.4) is 0 Å². The predicted octanol–water partition coefficient (Wildman–Crippen LogP) is 5.43. The van der Waals surface area contributed by atoms with Crippen LogP contribution in [0, 0.1) is 6.92 Å². The number of hydrogen-bond acceptors (Lipinski definition) is 2. The lowest BCUT2D eigenvalue weighted by atomic mass is 9.87. The molecular weight excluding hydrogens is 310 g/mol. The van der Waals surface area contributed by atoms with Crippen LogP contribution in [0.2, 0.25) is 0 Å². The summed E-state index contributed by atoms with van der Waals surface area (Å²) in [6, 6.07) is 14.1. The third kappa shape index (κ3) is 5.35. The van der Waals surface area contributed by atoms with Crippen molar-refractivity contribution < 1.29 is 9.53 Å². The van der Waals surface area contributed by atoms with Crippen molar-refractivity contribution in [3.63, 3.8) is 0 Å². The zero-order chi connectivity index (χ0) is 18.6. The van der Waals surface area contributed by atoms with Crippen molar-refractivity contribution in [2.75, 3.05) is 11.9 Å².